The summed E-state index contributed by atoms with van der Waals surface area (Å²) in [7, 11) is 0. The molecule has 0 aliphatic heterocycles. The summed E-state index contributed by atoms with van der Waals surface area (Å²) in [5.74, 6) is 2.06. The van der Waals surface area contributed by atoms with Crippen LogP contribution in [-0.4, -0.2) is 37.7 Å². The number of pyridine rings is 1. The molecule has 9 heteroatoms. The van der Waals surface area contributed by atoms with E-state index in [9.17, 15) is 4.79 Å². The van der Waals surface area contributed by atoms with Crippen LogP contribution in [-0.2, 0) is 0 Å². The lowest BCUT2D eigenvalue weighted by Gasteiger charge is -2.12. The second-order valence-electron chi connectivity index (χ2n) is 7.14. The van der Waals surface area contributed by atoms with E-state index < -0.39 is 6.09 Å². The highest BCUT2D eigenvalue weighted by atomic mass is 16.5. The van der Waals surface area contributed by atoms with Gasteiger partial charge in [-0.3, -0.25) is 4.98 Å². The first kappa shape index (κ1) is 20.9. The van der Waals surface area contributed by atoms with E-state index in [1.54, 1.807) is 18.3 Å². The lowest BCUT2D eigenvalue weighted by Crippen LogP contribution is -2.20. The van der Waals surface area contributed by atoms with Gasteiger partial charge in [-0.05, 0) is 61.9 Å². The number of ether oxygens (including phenoxy) is 1. The Morgan fingerprint density at radius 2 is 2.03 bits per heavy atom. The predicted molar refractivity (Wildman–Crippen MR) is 122 cm³/mol. The van der Waals surface area contributed by atoms with Gasteiger partial charge >= 0.3 is 6.09 Å². The van der Waals surface area contributed by atoms with Gasteiger partial charge in [-0.15, -0.1) is 0 Å². The lowest BCUT2D eigenvalue weighted by molar-refractivity contribution is 0.195. The van der Waals surface area contributed by atoms with Crippen LogP contribution in [0.25, 0.3) is 17.1 Å². The average molecular weight is 430 g/mol. The molecule has 0 aliphatic carbocycles. The van der Waals surface area contributed by atoms with Gasteiger partial charge in [0.25, 0.3) is 0 Å². The maximum atomic E-state index is 10.5. The first-order valence-electron chi connectivity index (χ1n) is 9.93. The smallest absolute Gasteiger partial charge is 0.404 e. The van der Waals surface area contributed by atoms with E-state index in [-0.39, 0.29) is 6.54 Å². The molecule has 0 bridgehead atoms. The molecule has 0 radical (unpaired) electrons. The molecule has 3 aromatic heterocycles. The fraction of sp³-hybridized carbons (Fsp3) is 0.130. The van der Waals surface area contributed by atoms with Crippen molar-refractivity contribution in [2.45, 2.75) is 13.8 Å². The number of anilines is 2. The zero-order valence-corrected chi connectivity index (χ0v) is 17.6. The summed E-state index contributed by atoms with van der Waals surface area (Å²) >= 11 is 0. The van der Waals surface area contributed by atoms with Crippen molar-refractivity contribution in [1.29, 1.82) is 0 Å². The highest BCUT2D eigenvalue weighted by molar-refractivity contribution is 5.89. The number of hydrogen-bond donors (Lipinski definition) is 4. The van der Waals surface area contributed by atoms with Crippen LogP contribution in [0.1, 0.15) is 17.0 Å². The van der Waals surface area contributed by atoms with E-state index in [2.05, 4.69) is 30.6 Å². The van der Waals surface area contributed by atoms with E-state index in [1.807, 2.05) is 50.2 Å². The van der Waals surface area contributed by atoms with E-state index in [4.69, 9.17) is 9.84 Å². The van der Waals surface area contributed by atoms with Crippen molar-refractivity contribution >= 4 is 34.7 Å². The lowest BCUT2D eigenvalue weighted by atomic mass is 10.2. The second-order valence-corrected chi connectivity index (χ2v) is 7.14. The Kier molecular flexibility index (Phi) is 5.98. The molecule has 0 fully saturated rings. The minimum Gasteiger partial charge on any atom is -0.465 e. The summed E-state index contributed by atoms with van der Waals surface area (Å²) in [6.07, 6.45) is 5.63. The molecule has 1 amide bonds. The molecule has 0 saturated heterocycles. The Bertz CT molecular complexity index is 1280. The summed E-state index contributed by atoms with van der Waals surface area (Å²) in [5.41, 5.74) is 5.04. The number of nitrogens with zero attached hydrogens (tertiary/aromatic N) is 3. The number of carboxylic acid groups (broad SMARTS) is 1. The third-order valence-corrected chi connectivity index (χ3v) is 4.66. The topological polar surface area (TPSA) is 125 Å². The summed E-state index contributed by atoms with van der Waals surface area (Å²) in [6, 6.07) is 11.5. The van der Waals surface area contributed by atoms with Gasteiger partial charge in [0, 0.05) is 23.6 Å². The van der Waals surface area contributed by atoms with Crippen LogP contribution in [0, 0.1) is 13.8 Å². The second kappa shape index (κ2) is 9.17. The van der Waals surface area contributed by atoms with E-state index in [0.29, 0.717) is 11.6 Å². The number of hydrogen-bond acceptors (Lipinski definition) is 6. The number of amides is 1. The van der Waals surface area contributed by atoms with Crippen molar-refractivity contribution in [2.75, 3.05) is 11.9 Å². The number of aromatic nitrogens is 4. The van der Waals surface area contributed by atoms with E-state index >= 15 is 0 Å². The monoisotopic (exact) mass is 430 g/mol. The fourth-order valence-corrected chi connectivity index (χ4v) is 3.10. The minimum atomic E-state index is -1.06. The van der Waals surface area contributed by atoms with Gasteiger partial charge in [-0.2, -0.15) is 0 Å². The van der Waals surface area contributed by atoms with Crippen molar-refractivity contribution in [3.05, 3.63) is 71.9 Å². The Balaban J connectivity index is 1.50. The van der Waals surface area contributed by atoms with Crippen molar-refractivity contribution in [3.63, 3.8) is 0 Å². The van der Waals surface area contributed by atoms with Gasteiger partial charge in [0.2, 0.25) is 0 Å². The molecule has 9 nitrogen and oxygen atoms in total. The van der Waals surface area contributed by atoms with Gasteiger partial charge in [-0.1, -0.05) is 6.08 Å². The molecule has 0 saturated carbocycles. The summed E-state index contributed by atoms with van der Waals surface area (Å²) in [6.45, 7) is 4.12. The Labute approximate surface area is 184 Å². The van der Waals surface area contributed by atoms with Crippen LogP contribution in [0.5, 0.6) is 11.5 Å². The fourth-order valence-electron chi connectivity index (χ4n) is 3.10. The number of fused-ring (bicyclic) bond motifs is 1. The largest absolute Gasteiger partial charge is 0.465 e. The summed E-state index contributed by atoms with van der Waals surface area (Å²) in [4.78, 5) is 26.7. The molecule has 0 aliphatic rings. The number of aryl methyl sites for hydroxylation is 2. The number of carbonyl (C=O) groups is 1. The van der Waals surface area contributed by atoms with E-state index in [0.717, 1.165) is 39.4 Å². The minimum absolute atomic E-state index is 0.216. The van der Waals surface area contributed by atoms with E-state index in [1.165, 1.54) is 6.33 Å². The van der Waals surface area contributed by atoms with Crippen LogP contribution in [0.15, 0.2) is 55.0 Å². The number of aromatic amines is 1. The molecule has 0 unspecified atom stereocenters. The number of nitrogens with one attached hydrogen (secondary N) is 3. The zero-order valence-electron chi connectivity index (χ0n) is 17.6. The van der Waals surface area contributed by atoms with Gasteiger partial charge < -0.3 is 25.5 Å². The standard InChI is InChI=1S/C23H22N6O3/c1-14-10-17(6-8-20(14)32-18-7-5-15(2)25-12-18)29-22-21-19(26-13-27-22)11-16(28-21)4-3-9-24-23(30)31/h3-8,10-13,24,28H,9H2,1-2H3,(H,30,31)(H,26,27,29)/b4-3+. The van der Waals surface area contributed by atoms with Crippen LogP contribution >= 0.6 is 0 Å². The van der Waals surface area contributed by atoms with Gasteiger partial charge in [0.1, 0.15) is 23.3 Å². The predicted octanol–water partition coefficient (Wildman–Crippen LogP) is 4.79. The molecule has 0 spiro atoms. The van der Waals surface area contributed by atoms with Gasteiger partial charge in [-0.25, -0.2) is 14.8 Å². The summed E-state index contributed by atoms with van der Waals surface area (Å²) in [5, 5.41) is 14.2. The Hall–Kier alpha value is -4.40. The molecule has 32 heavy (non-hydrogen) atoms. The maximum absolute atomic E-state index is 10.5. The molecule has 1 aromatic carbocycles. The average Bonchev–Trinajstić information content (AvgIpc) is 3.19. The quantitative estimate of drug-likeness (QED) is 0.332. The molecular weight excluding hydrogens is 408 g/mol. The molecule has 162 valence electrons. The third kappa shape index (κ3) is 5.01. The number of benzene rings is 1. The SMILES string of the molecule is Cc1ccc(Oc2ccc(Nc3ncnc4cc(/C=C/CNC(=O)O)[nH]c34)cc2C)cn1. The molecule has 4 rings (SSSR count). The van der Waals surface area contributed by atoms with Crippen molar-refractivity contribution < 1.29 is 14.6 Å². The molecule has 4 aromatic rings. The molecular formula is C23H22N6O3. The molecule has 3 heterocycles. The number of rotatable bonds is 7. The Morgan fingerprint density at radius 1 is 1.16 bits per heavy atom. The third-order valence-electron chi connectivity index (χ3n) is 4.66. The van der Waals surface area contributed by atoms with Crippen molar-refractivity contribution in [3.8, 4) is 11.5 Å². The summed E-state index contributed by atoms with van der Waals surface area (Å²) < 4.78 is 5.93. The zero-order chi connectivity index (χ0) is 22.5. The van der Waals surface area contributed by atoms with Gasteiger partial charge in [0.05, 0.1) is 11.7 Å². The number of H-pyrrole nitrogens is 1. The highest BCUT2D eigenvalue weighted by Gasteiger charge is 2.09. The van der Waals surface area contributed by atoms with Crippen LogP contribution in [0.4, 0.5) is 16.3 Å². The molecule has 0 atom stereocenters. The first-order chi connectivity index (χ1) is 15.5. The molecule has 4 N–H and O–H groups in total. The normalized spacial score (nSPS) is 11.1. The van der Waals surface area contributed by atoms with Gasteiger partial charge in [0.15, 0.2) is 5.82 Å². The van der Waals surface area contributed by atoms with Crippen LogP contribution in [0.2, 0.25) is 0 Å². The van der Waals surface area contributed by atoms with Crippen molar-refractivity contribution in [2.24, 2.45) is 0 Å². The highest BCUT2D eigenvalue weighted by Crippen LogP contribution is 2.29. The van der Waals surface area contributed by atoms with Crippen LogP contribution < -0.4 is 15.4 Å². The first-order valence-corrected chi connectivity index (χ1v) is 9.93. The Morgan fingerprint density at radius 3 is 2.78 bits per heavy atom. The van der Waals surface area contributed by atoms with Crippen LogP contribution in [0.3, 0.4) is 0 Å². The maximum Gasteiger partial charge on any atom is 0.404 e. The van der Waals surface area contributed by atoms with Crippen molar-refractivity contribution in [1.82, 2.24) is 25.3 Å².